The van der Waals surface area contributed by atoms with Crippen LogP contribution in [0.1, 0.15) is 13.3 Å². The predicted molar refractivity (Wildman–Crippen MR) is 39.5 cm³/mol. The molecule has 0 aliphatic carbocycles. The largest absolute Gasteiger partial charge is 0.311 e. The third kappa shape index (κ3) is 1.98. The third-order valence-electron chi connectivity index (χ3n) is 1.76. The lowest BCUT2D eigenvalue weighted by Crippen LogP contribution is -2.52. The van der Waals surface area contributed by atoms with Crippen molar-refractivity contribution in [1.29, 1.82) is 5.26 Å². The molecule has 0 amide bonds. The van der Waals surface area contributed by atoms with Crippen LogP contribution in [-0.4, -0.2) is 25.2 Å². The highest BCUT2D eigenvalue weighted by Gasteiger charge is 2.15. The summed E-state index contributed by atoms with van der Waals surface area (Å²) >= 11 is 0. The molecule has 1 rings (SSSR count). The van der Waals surface area contributed by atoms with E-state index >= 15 is 0 Å². The molecule has 56 valence electrons. The van der Waals surface area contributed by atoms with E-state index in [-0.39, 0.29) is 0 Å². The van der Waals surface area contributed by atoms with Crippen LogP contribution in [0.3, 0.4) is 0 Å². The van der Waals surface area contributed by atoms with Gasteiger partial charge in [0.05, 0.1) is 12.5 Å². The number of rotatable bonds is 1. The molecule has 1 unspecified atom stereocenters. The molecule has 0 aromatic heterocycles. The van der Waals surface area contributed by atoms with Gasteiger partial charge in [-0.1, -0.05) is 0 Å². The summed E-state index contributed by atoms with van der Waals surface area (Å²) in [7, 11) is 0. The van der Waals surface area contributed by atoms with Crippen molar-refractivity contribution in [1.82, 2.24) is 10.6 Å². The average Bonchev–Trinajstić information content (AvgIpc) is 1.95. The minimum absolute atomic E-state index is 0.362. The summed E-state index contributed by atoms with van der Waals surface area (Å²) in [4.78, 5) is 0. The Labute approximate surface area is 61.4 Å². The number of nitriles is 1. The van der Waals surface area contributed by atoms with Gasteiger partial charge in [-0.2, -0.15) is 5.26 Å². The van der Waals surface area contributed by atoms with Crippen LogP contribution >= 0.6 is 0 Å². The van der Waals surface area contributed by atoms with Crippen LogP contribution < -0.4 is 10.6 Å². The van der Waals surface area contributed by atoms with E-state index < -0.39 is 0 Å². The molecule has 1 heterocycles. The van der Waals surface area contributed by atoms with Gasteiger partial charge in [0.15, 0.2) is 0 Å². The number of nitrogens with zero attached hydrogens (tertiary/aromatic N) is 1. The van der Waals surface area contributed by atoms with E-state index in [0.717, 1.165) is 13.1 Å². The van der Waals surface area contributed by atoms with Gasteiger partial charge >= 0.3 is 0 Å². The molecule has 3 nitrogen and oxygen atoms in total. The molecule has 0 spiro atoms. The van der Waals surface area contributed by atoms with E-state index in [1.807, 2.05) is 0 Å². The Hall–Kier alpha value is -0.590. The lowest BCUT2D eigenvalue weighted by Gasteiger charge is -2.27. The van der Waals surface area contributed by atoms with E-state index in [1.54, 1.807) is 0 Å². The zero-order chi connectivity index (χ0) is 7.40. The first kappa shape index (κ1) is 7.52. The molecule has 2 atom stereocenters. The van der Waals surface area contributed by atoms with Crippen molar-refractivity contribution in [2.24, 2.45) is 0 Å². The molecule has 0 aromatic rings. The maximum Gasteiger partial charge on any atom is 0.0638 e. The average molecular weight is 139 g/mol. The summed E-state index contributed by atoms with van der Waals surface area (Å²) in [5.41, 5.74) is 0. The Morgan fingerprint density at radius 2 is 2.30 bits per heavy atom. The molecule has 1 aliphatic rings. The fraction of sp³-hybridized carbons (Fsp3) is 0.857. The van der Waals surface area contributed by atoms with E-state index in [4.69, 9.17) is 5.26 Å². The standard InChI is InChI=1S/C7H13N3/c1-6-4-10-7(2-3-8)5-9-6/h6-7,9-10H,2,4-5H2,1H3/t6?,7-/m0/s1. The summed E-state index contributed by atoms with van der Waals surface area (Å²) < 4.78 is 0. The van der Waals surface area contributed by atoms with Gasteiger partial charge in [0.25, 0.3) is 0 Å². The monoisotopic (exact) mass is 139 g/mol. The lowest BCUT2D eigenvalue weighted by molar-refractivity contribution is 0.363. The van der Waals surface area contributed by atoms with Gasteiger partial charge in [0.2, 0.25) is 0 Å². The van der Waals surface area contributed by atoms with Gasteiger partial charge in [0, 0.05) is 25.2 Å². The summed E-state index contributed by atoms with van der Waals surface area (Å²) in [6.07, 6.45) is 0.611. The zero-order valence-corrected chi connectivity index (χ0v) is 6.22. The molecule has 1 fully saturated rings. The zero-order valence-electron chi connectivity index (χ0n) is 6.22. The predicted octanol–water partition coefficient (Wildman–Crippen LogP) is -0.150. The second-order valence-electron chi connectivity index (χ2n) is 2.78. The molecule has 0 bridgehead atoms. The Morgan fingerprint density at radius 1 is 1.50 bits per heavy atom. The van der Waals surface area contributed by atoms with Crippen molar-refractivity contribution >= 4 is 0 Å². The van der Waals surface area contributed by atoms with Gasteiger partial charge in [-0.25, -0.2) is 0 Å². The van der Waals surface area contributed by atoms with Crippen LogP contribution in [0.25, 0.3) is 0 Å². The SMILES string of the molecule is CC1CN[C@@H](CC#N)CN1. The van der Waals surface area contributed by atoms with Gasteiger partial charge in [0.1, 0.15) is 0 Å². The molecule has 3 heteroatoms. The van der Waals surface area contributed by atoms with Crippen molar-refractivity contribution in [3.8, 4) is 6.07 Å². The Bertz CT molecular complexity index is 130. The molecule has 0 aromatic carbocycles. The van der Waals surface area contributed by atoms with Crippen LogP contribution in [0, 0.1) is 11.3 Å². The first-order valence-electron chi connectivity index (χ1n) is 3.66. The molecule has 0 radical (unpaired) electrons. The van der Waals surface area contributed by atoms with Crippen molar-refractivity contribution < 1.29 is 0 Å². The number of hydrogen-bond donors (Lipinski definition) is 2. The van der Waals surface area contributed by atoms with E-state index in [9.17, 15) is 0 Å². The Balaban J connectivity index is 2.21. The van der Waals surface area contributed by atoms with Crippen LogP contribution in [0.5, 0.6) is 0 Å². The maximum absolute atomic E-state index is 8.37. The third-order valence-corrected chi connectivity index (χ3v) is 1.76. The van der Waals surface area contributed by atoms with Crippen LogP contribution in [0.4, 0.5) is 0 Å². The van der Waals surface area contributed by atoms with Crippen molar-refractivity contribution in [3.63, 3.8) is 0 Å². The van der Waals surface area contributed by atoms with Gasteiger partial charge < -0.3 is 10.6 Å². The number of nitrogens with one attached hydrogen (secondary N) is 2. The fourth-order valence-electron chi connectivity index (χ4n) is 1.09. The lowest BCUT2D eigenvalue weighted by atomic mass is 10.1. The smallest absolute Gasteiger partial charge is 0.0638 e. The van der Waals surface area contributed by atoms with Crippen LogP contribution in [-0.2, 0) is 0 Å². The van der Waals surface area contributed by atoms with E-state index in [1.165, 1.54) is 0 Å². The fourth-order valence-corrected chi connectivity index (χ4v) is 1.09. The number of piperazine rings is 1. The highest BCUT2D eigenvalue weighted by Crippen LogP contribution is 1.95. The first-order valence-corrected chi connectivity index (χ1v) is 3.66. The van der Waals surface area contributed by atoms with E-state index in [0.29, 0.717) is 18.5 Å². The molecule has 1 aliphatic heterocycles. The van der Waals surface area contributed by atoms with Crippen molar-refractivity contribution in [3.05, 3.63) is 0 Å². The Kier molecular flexibility index (Phi) is 2.67. The van der Waals surface area contributed by atoms with Crippen molar-refractivity contribution in [2.45, 2.75) is 25.4 Å². The number of hydrogen-bond acceptors (Lipinski definition) is 3. The molecule has 0 saturated carbocycles. The molecule has 10 heavy (non-hydrogen) atoms. The first-order chi connectivity index (χ1) is 4.83. The van der Waals surface area contributed by atoms with Crippen LogP contribution in [0.15, 0.2) is 0 Å². The minimum atomic E-state index is 0.362. The topological polar surface area (TPSA) is 47.9 Å². The second kappa shape index (κ2) is 3.55. The molecular formula is C7H13N3. The summed E-state index contributed by atoms with van der Waals surface area (Å²) in [6, 6.07) is 3.06. The minimum Gasteiger partial charge on any atom is -0.311 e. The van der Waals surface area contributed by atoms with Crippen molar-refractivity contribution in [2.75, 3.05) is 13.1 Å². The molecule has 1 saturated heterocycles. The van der Waals surface area contributed by atoms with Gasteiger partial charge in [-0.15, -0.1) is 0 Å². The highest BCUT2D eigenvalue weighted by atomic mass is 15.1. The molecular weight excluding hydrogens is 126 g/mol. The van der Waals surface area contributed by atoms with Gasteiger partial charge in [-0.3, -0.25) is 0 Å². The van der Waals surface area contributed by atoms with E-state index in [2.05, 4.69) is 23.6 Å². The maximum atomic E-state index is 8.37. The molecule has 2 N–H and O–H groups in total. The normalized spacial score (nSPS) is 33.2. The summed E-state index contributed by atoms with van der Waals surface area (Å²) in [5, 5.41) is 15.0. The quantitative estimate of drug-likeness (QED) is 0.531. The summed E-state index contributed by atoms with van der Waals surface area (Å²) in [5.74, 6) is 0. The highest BCUT2D eigenvalue weighted by molar-refractivity contribution is 4.87. The second-order valence-corrected chi connectivity index (χ2v) is 2.78. The van der Waals surface area contributed by atoms with Gasteiger partial charge in [-0.05, 0) is 6.92 Å². The van der Waals surface area contributed by atoms with Crippen LogP contribution in [0.2, 0.25) is 0 Å². The summed E-state index contributed by atoms with van der Waals surface area (Å²) in [6.45, 7) is 4.04. The Morgan fingerprint density at radius 3 is 2.80 bits per heavy atom.